The molecule has 0 aromatic heterocycles. The van der Waals surface area contributed by atoms with E-state index < -0.39 is 0 Å². The van der Waals surface area contributed by atoms with E-state index in [9.17, 15) is 0 Å². The van der Waals surface area contributed by atoms with Crippen LogP contribution in [0.25, 0.3) is 0 Å². The summed E-state index contributed by atoms with van der Waals surface area (Å²) in [6.45, 7) is 7.07. The van der Waals surface area contributed by atoms with Crippen LogP contribution in [0, 0.1) is 11.8 Å². The van der Waals surface area contributed by atoms with Gasteiger partial charge in [-0.3, -0.25) is 0 Å². The first-order chi connectivity index (χ1) is 7.72. The highest BCUT2D eigenvalue weighted by molar-refractivity contribution is 4.91. The van der Waals surface area contributed by atoms with Crippen LogP contribution in [0.4, 0.5) is 0 Å². The van der Waals surface area contributed by atoms with Gasteiger partial charge in [-0.1, -0.05) is 26.7 Å². The molecule has 0 saturated heterocycles. The van der Waals surface area contributed by atoms with Crippen molar-refractivity contribution in [2.45, 2.75) is 58.0 Å². The van der Waals surface area contributed by atoms with Crippen molar-refractivity contribution < 1.29 is 0 Å². The van der Waals surface area contributed by atoms with Crippen molar-refractivity contribution >= 4 is 0 Å². The predicted molar refractivity (Wildman–Crippen MR) is 69.6 cm³/mol. The average molecular weight is 224 g/mol. The molecule has 4 unspecified atom stereocenters. The molecule has 2 aliphatic rings. The summed E-state index contributed by atoms with van der Waals surface area (Å²) in [6, 6.07) is 1.54. The molecule has 0 spiro atoms. The second-order valence-electron chi connectivity index (χ2n) is 5.93. The monoisotopic (exact) mass is 224 g/mol. The van der Waals surface area contributed by atoms with E-state index in [0.717, 1.165) is 30.5 Å². The van der Waals surface area contributed by atoms with Gasteiger partial charge < -0.3 is 10.2 Å². The Labute approximate surface area is 101 Å². The molecule has 2 nitrogen and oxygen atoms in total. The Kier molecular flexibility index (Phi) is 4.26. The number of likely N-dealkylation sites (N-methyl/N-ethyl adjacent to an activating group) is 2. The van der Waals surface area contributed by atoms with Crippen molar-refractivity contribution in [2.75, 3.05) is 20.1 Å². The normalized spacial score (nSPS) is 39.0. The molecule has 0 aromatic carbocycles. The minimum atomic E-state index is 0.748. The van der Waals surface area contributed by atoms with Crippen LogP contribution in [-0.2, 0) is 0 Å². The highest BCUT2D eigenvalue weighted by Crippen LogP contribution is 2.39. The quantitative estimate of drug-likeness (QED) is 0.772. The van der Waals surface area contributed by atoms with Gasteiger partial charge in [-0.25, -0.2) is 0 Å². The van der Waals surface area contributed by atoms with E-state index in [4.69, 9.17) is 0 Å². The van der Waals surface area contributed by atoms with Crippen LogP contribution in [0.3, 0.4) is 0 Å². The lowest BCUT2D eigenvalue weighted by Crippen LogP contribution is -2.50. The van der Waals surface area contributed by atoms with Crippen molar-refractivity contribution in [3.63, 3.8) is 0 Å². The maximum atomic E-state index is 3.68. The maximum absolute atomic E-state index is 3.68. The molecule has 2 aliphatic carbocycles. The van der Waals surface area contributed by atoms with E-state index >= 15 is 0 Å². The van der Waals surface area contributed by atoms with Crippen molar-refractivity contribution in [1.82, 2.24) is 10.2 Å². The van der Waals surface area contributed by atoms with E-state index in [1.165, 1.54) is 38.6 Å². The van der Waals surface area contributed by atoms with E-state index in [2.05, 4.69) is 31.1 Å². The van der Waals surface area contributed by atoms with Gasteiger partial charge in [-0.15, -0.1) is 0 Å². The second-order valence-corrected chi connectivity index (χ2v) is 5.93. The van der Waals surface area contributed by atoms with Crippen LogP contribution in [0.5, 0.6) is 0 Å². The molecule has 16 heavy (non-hydrogen) atoms. The fourth-order valence-corrected chi connectivity index (χ4v) is 3.30. The summed E-state index contributed by atoms with van der Waals surface area (Å²) < 4.78 is 0. The third-order valence-corrected chi connectivity index (χ3v) is 4.56. The Morgan fingerprint density at radius 1 is 1.25 bits per heavy atom. The summed E-state index contributed by atoms with van der Waals surface area (Å²) in [5, 5.41) is 3.68. The molecule has 4 atom stereocenters. The minimum absolute atomic E-state index is 0.748. The molecule has 2 saturated carbocycles. The molecule has 1 N–H and O–H groups in total. The first-order valence-corrected chi connectivity index (χ1v) is 7.16. The number of rotatable bonds is 5. The lowest BCUT2D eigenvalue weighted by Gasteiger charge is -2.38. The van der Waals surface area contributed by atoms with Crippen LogP contribution in [0.2, 0.25) is 0 Å². The summed E-state index contributed by atoms with van der Waals surface area (Å²) in [7, 11) is 2.34. The number of hydrogen-bond acceptors (Lipinski definition) is 2. The molecule has 0 heterocycles. The molecule has 0 amide bonds. The van der Waals surface area contributed by atoms with Gasteiger partial charge in [0.1, 0.15) is 0 Å². The van der Waals surface area contributed by atoms with Crippen LogP contribution in [0.15, 0.2) is 0 Å². The molecule has 2 fully saturated rings. The van der Waals surface area contributed by atoms with Gasteiger partial charge in [-0.2, -0.15) is 0 Å². The lowest BCUT2D eigenvalue weighted by atomic mass is 9.89. The van der Waals surface area contributed by atoms with E-state index in [0.29, 0.717) is 0 Å². The molecule has 2 heteroatoms. The van der Waals surface area contributed by atoms with Gasteiger partial charge in [0.05, 0.1) is 0 Å². The first kappa shape index (κ1) is 12.4. The summed E-state index contributed by atoms with van der Waals surface area (Å²) in [5.74, 6) is 1.98. The minimum Gasteiger partial charge on any atom is -0.313 e. The van der Waals surface area contributed by atoms with Gasteiger partial charge in [-0.05, 0) is 44.7 Å². The zero-order valence-corrected chi connectivity index (χ0v) is 11.2. The summed E-state index contributed by atoms with van der Waals surface area (Å²) in [5.41, 5.74) is 0. The summed E-state index contributed by atoms with van der Waals surface area (Å²) in [4.78, 5) is 2.64. The van der Waals surface area contributed by atoms with Crippen LogP contribution < -0.4 is 5.32 Å². The van der Waals surface area contributed by atoms with E-state index in [1.807, 2.05) is 0 Å². The van der Waals surface area contributed by atoms with E-state index in [-0.39, 0.29) is 0 Å². The standard InChI is InChI=1S/C14H28N2/c1-4-15-13-7-5-6-8-14(13)16(3)10-12-9-11(12)2/h11-15H,4-10H2,1-3H3. The van der Waals surface area contributed by atoms with Crippen molar-refractivity contribution in [3.05, 3.63) is 0 Å². The Morgan fingerprint density at radius 2 is 1.94 bits per heavy atom. The topological polar surface area (TPSA) is 15.3 Å². The Balaban J connectivity index is 1.83. The first-order valence-electron chi connectivity index (χ1n) is 7.16. The second kappa shape index (κ2) is 5.50. The molecule has 2 rings (SSSR count). The number of nitrogens with one attached hydrogen (secondary N) is 1. The lowest BCUT2D eigenvalue weighted by molar-refractivity contribution is 0.144. The molecule has 0 aromatic rings. The molecule has 0 bridgehead atoms. The van der Waals surface area contributed by atoms with Gasteiger partial charge in [0, 0.05) is 18.6 Å². The van der Waals surface area contributed by atoms with Crippen LogP contribution in [-0.4, -0.2) is 37.1 Å². The zero-order valence-electron chi connectivity index (χ0n) is 11.2. The van der Waals surface area contributed by atoms with Gasteiger partial charge in [0.15, 0.2) is 0 Å². The highest BCUT2D eigenvalue weighted by Gasteiger charge is 2.36. The third kappa shape index (κ3) is 2.98. The molecule has 0 aliphatic heterocycles. The maximum Gasteiger partial charge on any atom is 0.0246 e. The smallest absolute Gasteiger partial charge is 0.0246 e. The van der Waals surface area contributed by atoms with Gasteiger partial charge >= 0.3 is 0 Å². The zero-order chi connectivity index (χ0) is 11.5. The highest BCUT2D eigenvalue weighted by atomic mass is 15.2. The number of nitrogens with zero attached hydrogens (tertiary/aromatic N) is 1. The Morgan fingerprint density at radius 3 is 2.56 bits per heavy atom. The van der Waals surface area contributed by atoms with Crippen molar-refractivity contribution in [3.8, 4) is 0 Å². The average Bonchev–Trinajstić information content (AvgIpc) is 2.95. The number of hydrogen-bond donors (Lipinski definition) is 1. The van der Waals surface area contributed by atoms with Gasteiger partial charge in [0.25, 0.3) is 0 Å². The molecular formula is C14H28N2. The summed E-state index contributed by atoms with van der Waals surface area (Å²) in [6.07, 6.45) is 7.08. The Hall–Kier alpha value is -0.0800. The van der Waals surface area contributed by atoms with Crippen LogP contribution >= 0.6 is 0 Å². The predicted octanol–water partition coefficient (Wildman–Crippen LogP) is 2.49. The molecular weight excluding hydrogens is 196 g/mol. The van der Waals surface area contributed by atoms with Crippen molar-refractivity contribution in [2.24, 2.45) is 11.8 Å². The van der Waals surface area contributed by atoms with Crippen molar-refractivity contribution in [1.29, 1.82) is 0 Å². The Bertz CT molecular complexity index is 215. The largest absolute Gasteiger partial charge is 0.313 e. The van der Waals surface area contributed by atoms with E-state index in [1.54, 1.807) is 0 Å². The van der Waals surface area contributed by atoms with Crippen LogP contribution in [0.1, 0.15) is 46.0 Å². The third-order valence-electron chi connectivity index (χ3n) is 4.56. The molecule has 0 radical (unpaired) electrons. The fourth-order valence-electron chi connectivity index (χ4n) is 3.30. The summed E-state index contributed by atoms with van der Waals surface area (Å²) >= 11 is 0. The fraction of sp³-hybridized carbons (Fsp3) is 1.00. The van der Waals surface area contributed by atoms with Gasteiger partial charge in [0.2, 0.25) is 0 Å². The SMILES string of the molecule is CCNC1CCCCC1N(C)CC1CC1C. The molecule has 94 valence electrons.